The Balaban J connectivity index is 1.47. The smallest absolute Gasteiger partial charge is 0.240 e. The third-order valence-corrected chi connectivity index (χ3v) is 7.05. The Kier molecular flexibility index (Phi) is 7.24. The molecule has 36 heavy (non-hydrogen) atoms. The molecule has 0 saturated heterocycles. The second-order valence-corrected chi connectivity index (χ2v) is 9.38. The van der Waals surface area contributed by atoms with Crippen molar-refractivity contribution in [3.63, 3.8) is 0 Å². The molecule has 2 aromatic carbocycles. The monoisotopic (exact) mass is 505 g/mol. The van der Waals surface area contributed by atoms with Crippen molar-refractivity contribution in [3.8, 4) is 21.7 Å². The maximum Gasteiger partial charge on any atom is 0.240 e. The highest BCUT2D eigenvalue weighted by molar-refractivity contribution is 7.22. The number of aromatic nitrogens is 5. The minimum absolute atomic E-state index is 0.182. The van der Waals surface area contributed by atoms with Crippen molar-refractivity contribution in [3.05, 3.63) is 78.4 Å². The van der Waals surface area contributed by atoms with Crippen molar-refractivity contribution in [1.82, 2.24) is 30.3 Å². The number of hydrogen-bond donors (Lipinski definition) is 2. The van der Waals surface area contributed by atoms with Crippen LogP contribution in [0.15, 0.2) is 61.1 Å². The van der Waals surface area contributed by atoms with Crippen LogP contribution in [0, 0.1) is 11.8 Å². The van der Waals surface area contributed by atoms with Gasteiger partial charge in [-0.25, -0.2) is 14.4 Å². The summed E-state index contributed by atoms with van der Waals surface area (Å²) in [6.07, 6.45) is 6.53. The molecule has 0 fully saturated rings. The van der Waals surface area contributed by atoms with Crippen LogP contribution < -0.4 is 10.6 Å². The summed E-state index contributed by atoms with van der Waals surface area (Å²) >= 11 is 1.43. The fourth-order valence-electron chi connectivity index (χ4n) is 4.13. The van der Waals surface area contributed by atoms with Crippen LogP contribution in [0.25, 0.3) is 31.8 Å². The molecule has 0 aliphatic carbocycles. The maximum absolute atomic E-state index is 14.8. The molecule has 0 saturated carbocycles. The standard InChI is InChI=1S/C26H25F2N7S/c1-29-9-3-5-17-7-8-19(27)15-21(17)20-6-2-4-18-14-22(36-25(18)20)24-26(28)31-16-23(33-24)30-10-12-35-13-11-32-34-35/h2,4,6-8,11,13-16,29H,3,5,9-10,12H2,1H3,(H,30,33). The summed E-state index contributed by atoms with van der Waals surface area (Å²) in [5.74, 6) is -0.442. The number of halogens is 2. The van der Waals surface area contributed by atoms with Crippen LogP contribution in [-0.2, 0) is 13.0 Å². The maximum atomic E-state index is 14.8. The minimum atomic E-state index is -0.636. The van der Waals surface area contributed by atoms with Crippen LogP contribution in [0.1, 0.15) is 12.0 Å². The third-order valence-electron chi connectivity index (χ3n) is 5.86. The van der Waals surface area contributed by atoms with Crippen molar-refractivity contribution in [2.24, 2.45) is 0 Å². The molecule has 0 aliphatic heterocycles. The van der Waals surface area contributed by atoms with Crippen molar-refractivity contribution < 1.29 is 8.78 Å². The highest BCUT2D eigenvalue weighted by Gasteiger charge is 2.17. The van der Waals surface area contributed by atoms with E-state index in [2.05, 4.69) is 30.9 Å². The Morgan fingerprint density at radius 2 is 1.97 bits per heavy atom. The van der Waals surface area contributed by atoms with E-state index >= 15 is 0 Å². The first-order valence-corrected chi connectivity index (χ1v) is 12.5. The van der Waals surface area contributed by atoms with Gasteiger partial charge in [0.2, 0.25) is 5.95 Å². The quantitative estimate of drug-likeness (QED) is 0.255. The molecule has 0 amide bonds. The fraction of sp³-hybridized carbons (Fsp3) is 0.231. The molecule has 5 aromatic rings. The predicted octanol–water partition coefficient (Wildman–Crippen LogP) is 5.16. The van der Waals surface area contributed by atoms with Gasteiger partial charge < -0.3 is 10.6 Å². The van der Waals surface area contributed by atoms with E-state index in [0.29, 0.717) is 23.8 Å². The SMILES string of the molecule is CNCCCc1ccc(F)cc1-c1cccc2cc(-c3nc(NCCn4ccnn4)cnc3F)sc12. The van der Waals surface area contributed by atoms with E-state index in [-0.39, 0.29) is 11.5 Å². The predicted molar refractivity (Wildman–Crippen MR) is 139 cm³/mol. The van der Waals surface area contributed by atoms with Crippen LogP contribution >= 0.6 is 11.3 Å². The molecule has 0 unspecified atom stereocenters. The number of anilines is 1. The fourth-order valence-corrected chi connectivity index (χ4v) is 5.30. The Labute approximate surface area is 211 Å². The van der Waals surface area contributed by atoms with E-state index in [0.717, 1.165) is 46.2 Å². The van der Waals surface area contributed by atoms with Gasteiger partial charge in [-0.15, -0.1) is 16.4 Å². The van der Waals surface area contributed by atoms with Gasteiger partial charge in [0.15, 0.2) is 0 Å². The molecule has 5 rings (SSSR count). The molecule has 10 heteroatoms. The van der Waals surface area contributed by atoms with E-state index in [9.17, 15) is 8.78 Å². The minimum Gasteiger partial charge on any atom is -0.367 e. The first-order valence-electron chi connectivity index (χ1n) is 11.7. The average molecular weight is 506 g/mol. The lowest BCUT2D eigenvalue weighted by atomic mass is 9.95. The number of aryl methyl sites for hydroxylation is 1. The number of thiophene rings is 1. The molecule has 0 aliphatic rings. The first kappa shape index (κ1) is 24.0. The molecule has 2 N–H and O–H groups in total. The summed E-state index contributed by atoms with van der Waals surface area (Å²) < 4.78 is 31.7. The van der Waals surface area contributed by atoms with Crippen LogP contribution in [0.2, 0.25) is 0 Å². The molecule has 0 atom stereocenters. The molecule has 0 radical (unpaired) electrons. The number of nitrogens with one attached hydrogen (secondary N) is 2. The molecule has 3 aromatic heterocycles. The van der Waals surface area contributed by atoms with Gasteiger partial charge in [0, 0.05) is 17.4 Å². The van der Waals surface area contributed by atoms with Gasteiger partial charge in [-0.05, 0) is 66.7 Å². The normalized spacial score (nSPS) is 11.3. The lowest BCUT2D eigenvalue weighted by Gasteiger charge is -2.11. The molecule has 0 bridgehead atoms. The summed E-state index contributed by atoms with van der Waals surface area (Å²) in [4.78, 5) is 9.07. The average Bonchev–Trinajstić information content (AvgIpc) is 3.56. The van der Waals surface area contributed by atoms with Gasteiger partial charge in [-0.3, -0.25) is 4.68 Å². The summed E-state index contributed by atoms with van der Waals surface area (Å²) in [5, 5.41) is 15.0. The zero-order valence-electron chi connectivity index (χ0n) is 19.7. The topological polar surface area (TPSA) is 80.5 Å². The van der Waals surface area contributed by atoms with Gasteiger partial charge in [0.25, 0.3) is 0 Å². The Morgan fingerprint density at radius 3 is 2.81 bits per heavy atom. The number of fused-ring (bicyclic) bond motifs is 1. The van der Waals surface area contributed by atoms with E-state index in [1.165, 1.54) is 23.6 Å². The van der Waals surface area contributed by atoms with Gasteiger partial charge in [-0.2, -0.15) is 4.39 Å². The molecule has 7 nitrogen and oxygen atoms in total. The first-order chi connectivity index (χ1) is 17.6. The molecule has 0 spiro atoms. The highest BCUT2D eigenvalue weighted by atomic mass is 32.1. The third kappa shape index (κ3) is 5.24. The van der Waals surface area contributed by atoms with E-state index in [1.807, 2.05) is 37.4 Å². The zero-order chi connectivity index (χ0) is 24.9. The largest absolute Gasteiger partial charge is 0.367 e. The van der Waals surface area contributed by atoms with Crippen molar-refractivity contribution in [2.45, 2.75) is 19.4 Å². The van der Waals surface area contributed by atoms with Gasteiger partial charge in [-0.1, -0.05) is 29.5 Å². The summed E-state index contributed by atoms with van der Waals surface area (Å²) in [7, 11) is 1.92. The van der Waals surface area contributed by atoms with Crippen LogP contribution in [0.4, 0.5) is 14.6 Å². The number of nitrogens with zero attached hydrogens (tertiary/aromatic N) is 5. The van der Waals surface area contributed by atoms with E-state index < -0.39 is 5.95 Å². The summed E-state index contributed by atoms with van der Waals surface area (Å²) in [6.45, 7) is 2.01. The number of benzene rings is 2. The van der Waals surface area contributed by atoms with Crippen LogP contribution in [-0.4, -0.2) is 45.1 Å². The molecule has 3 heterocycles. The van der Waals surface area contributed by atoms with Gasteiger partial charge in [0.1, 0.15) is 17.3 Å². The van der Waals surface area contributed by atoms with Crippen molar-refractivity contribution >= 4 is 27.2 Å². The lowest BCUT2D eigenvalue weighted by molar-refractivity contribution is 0.581. The lowest BCUT2D eigenvalue weighted by Crippen LogP contribution is -2.12. The number of hydrogen-bond acceptors (Lipinski definition) is 7. The zero-order valence-corrected chi connectivity index (χ0v) is 20.5. The Hall–Kier alpha value is -3.76. The van der Waals surface area contributed by atoms with E-state index in [4.69, 9.17) is 0 Å². The van der Waals surface area contributed by atoms with Crippen molar-refractivity contribution in [1.29, 1.82) is 0 Å². The van der Waals surface area contributed by atoms with Crippen LogP contribution in [0.5, 0.6) is 0 Å². The summed E-state index contributed by atoms with van der Waals surface area (Å²) in [6, 6.07) is 12.8. The summed E-state index contributed by atoms with van der Waals surface area (Å²) in [5.41, 5.74) is 3.05. The second kappa shape index (κ2) is 10.9. The van der Waals surface area contributed by atoms with Crippen molar-refractivity contribution in [2.75, 3.05) is 25.5 Å². The molecular weight excluding hydrogens is 480 g/mol. The second-order valence-electron chi connectivity index (χ2n) is 8.33. The highest BCUT2D eigenvalue weighted by Crippen LogP contribution is 2.40. The molecule has 184 valence electrons. The van der Waals surface area contributed by atoms with Gasteiger partial charge >= 0.3 is 0 Å². The Bertz CT molecular complexity index is 1470. The number of rotatable bonds is 10. The Morgan fingerprint density at radius 1 is 1.06 bits per heavy atom. The van der Waals surface area contributed by atoms with Crippen LogP contribution in [0.3, 0.4) is 0 Å². The van der Waals surface area contributed by atoms with Gasteiger partial charge in [0.05, 0.1) is 23.8 Å². The molecular formula is C26H25F2N7S. The van der Waals surface area contributed by atoms with E-state index in [1.54, 1.807) is 23.1 Å².